The van der Waals surface area contributed by atoms with Gasteiger partial charge in [0, 0.05) is 30.1 Å². The first-order chi connectivity index (χ1) is 22.7. The Morgan fingerprint density at radius 1 is 1.13 bits per heavy atom. The summed E-state index contributed by atoms with van der Waals surface area (Å²) in [5, 5.41) is 28.3. The number of carbonyl (C=O) groups excluding carboxylic acids is 3. The van der Waals surface area contributed by atoms with Crippen LogP contribution in [0.25, 0.3) is 0 Å². The van der Waals surface area contributed by atoms with E-state index >= 15 is 0 Å². The van der Waals surface area contributed by atoms with Gasteiger partial charge in [0.15, 0.2) is 5.60 Å². The highest BCUT2D eigenvalue weighted by atomic mass is 16.5. The zero-order chi connectivity index (χ0) is 33.1. The predicted octanol–water partition coefficient (Wildman–Crippen LogP) is 3.65. The summed E-state index contributed by atoms with van der Waals surface area (Å²) in [4.78, 5) is 43.1. The maximum atomic E-state index is 14.1. The molecule has 0 radical (unpaired) electrons. The van der Waals surface area contributed by atoms with Crippen LogP contribution in [0.4, 0.5) is 11.4 Å². The van der Waals surface area contributed by atoms with Crippen molar-refractivity contribution in [2.24, 2.45) is 5.92 Å². The van der Waals surface area contributed by atoms with Crippen molar-refractivity contribution in [1.82, 2.24) is 10.2 Å². The van der Waals surface area contributed by atoms with Crippen molar-refractivity contribution in [2.75, 3.05) is 30.5 Å². The number of fused-ring (bicyclic) bond motifs is 2. The highest BCUT2D eigenvalue weighted by molar-refractivity contribution is 6.07. The van der Waals surface area contributed by atoms with E-state index in [0.29, 0.717) is 35.7 Å². The van der Waals surface area contributed by atoms with Crippen LogP contribution in [0.5, 0.6) is 5.75 Å². The number of nitrogens with one attached hydrogen (secondary N) is 2. The molecular weight excluding hydrogens is 596 g/mol. The van der Waals surface area contributed by atoms with Crippen molar-refractivity contribution in [3.05, 3.63) is 101 Å². The number of nitrogens with zero attached hydrogens (tertiary/aromatic N) is 2. The van der Waals surface area contributed by atoms with E-state index < -0.39 is 17.4 Å². The Labute approximate surface area is 275 Å². The largest absolute Gasteiger partial charge is 0.497 e. The highest BCUT2D eigenvalue weighted by Crippen LogP contribution is 2.47. The monoisotopic (exact) mass is 638 g/mol. The number of aliphatic hydroxyl groups is 2. The predicted molar refractivity (Wildman–Crippen MR) is 179 cm³/mol. The smallest absolute Gasteiger partial charge is 0.264 e. The van der Waals surface area contributed by atoms with Gasteiger partial charge < -0.3 is 35.4 Å². The average Bonchev–Trinajstić information content (AvgIpc) is 3.71. The molecule has 47 heavy (non-hydrogen) atoms. The van der Waals surface area contributed by atoms with E-state index in [1.807, 2.05) is 48.5 Å². The maximum absolute atomic E-state index is 14.1. The van der Waals surface area contributed by atoms with Crippen molar-refractivity contribution >= 4 is 29.1 Å². The second kappa shape index (κ2) is 13.7. The zero-order valence-electron chi connectivity index (χ0n) is 26.8. The summed E-state index contributed by atoms with van der Waals surface area (Å²) in [6, 6.07) is 20.0. The van der Waals surface area contributed by atoms with E-state index in [1.54, 1.807) is 47.1 Å². The Morgan fingerprint density at radius 3 is 2.60 bits per heavy atom. The number of methoxy groups -OCH3 is 1. The number of anilines is 2. The van der Waals surface area contributed by atoms with Gasteiger partial charge in [-0.2, -0.15) is 0 Å². The Morgan fingerprint density at radius 2 is 1.89 bits per heavy atom. The van der Waals surface area contributed by atoms with E-state index in [9.17, 15) is 24.6 Å². The van der Waals surface area contributed by atoms with Crippen molar-refractivity contribution in [1.29, 1.82) is 0 Å². The molecule has 3 aliphatic rings. The number of hydrogen-bond acceptors (Lipinski definition) is 7. The first-order valence-electron chi connectivity index (χ1n) is 16.2. The third-order valence-corrected chi connectivity index (χ3v) is 9.68. The highest BCUT2D eigenvalue weighted by Gasteiger charge is 2.52. The standard InChI is InChI=1S/C37H42N4O6/c1-24(7-5-11-34(43)40-22-27-9-4-3-8-26(27)19-29(40)23-42)37(46)31-20-30(47-2)16-17-33(31)41(36(37)45)21-25-12-14-28(15-13-25)39-35(44)32-10-6-18-38-32/h3-5,7-9,12-17,20,24,29,32,38,42,46H,6,10-11,18-19,21-23H2,1-2H3,(H,39,44)/b7-5+/t24-,29+,32-,37+/m1/s1. The number of carbonyl (C=O) groups is 3. The number of hydrogen-bond donors (Lipinski definition) is 4. The number of benzene rings is 3. The van der Waals surface area contributed by atoms with Gasteiger partial charge in [0.2, 0.25) is 11.8 Å². The van der Waals surface area contributed by atoms with E-state index in [1.165, 1.54) is 7.11 Å². The minimum absolute atomic E-state index is 0.0591. The van der Waals surface area contributed by atoms with Crippen LogP contribution in [0.3, 0.4) is 0 Å². The van der Waals surface area contributed by atoms with Gasteiger partial charge in [0.25, 0.3) is 5.91 Å². The molecule has 3 aromatic rings. The van der Waals surface area contributed by atoms with E-state index in [4.69, 9.17) is 4.74 Å². The molecule has 0 bridgehead atoms. The summed E-state index contributed by atoms with van der Waals surface area (Å²) in [6.07, 6.45) is 5.87. The van der Waals surface area contributed by atoms with Crippen LogP contribution in [0.15, 0.2) is 78.9 Å². The van der Waals surface area contributed by atoms with Crippen LogP contribution in [-0.4, -0.2) is 65.2 Å². The summed E-state index contributed by atoms with van der Waals surface area (Å²) >= 11 is 0. The van der Waals surface area contributed by atoms with Crippen LogP contribution in [0.2, 0.25) is 0 Å². The van der Waals surface area contributed by atoms with Gasteiger partial charge in [-0.25, -0.2) is 0 Å². The summed E-state index contributed by atoms with van der Waals surface area (Å²) in [5.74, 6) is -0.816. The zero-order valence-corrected chi connectivity index (χ0v) is 26.8. The van der Waals surface area contributed by atoms with Gasteiger partial charge in [0.05, 0.1) is 38.0 Å². The van der Waals surface area contributed by atoms with Gasteiger partial charge >= 0.3 is 0 Å². The molecule has 10 nitrogen and oxygen atoms in total. The molecule has 3 amide bonds. The lowest BCUT2D eigenvalue weighted by Crippen LogP contribution is -2.46. The van der Waals surface area contributed by atoms with Crippen LogP contribution in [0, 0.1) is 5.92 Å². The van der Waals surface area contributed by atoms with Crippen molar-refractivity contribution in [2.45, 2.75) is 63.4 Å². The lowest BCUT2D eigenvalue weighted by Gasteiger charge is -2.36. The second-order valence-electron chi connectivity index (χ2n) is 12.6. The lowest BCUT2D eigenvalue weighted by atomic mass is 9.82. The first-order valence-corrected chi connectivity index (χ1v) is 16.2. The van der Waals surface area contributed by atoms with Gasteiger partial charge in [-0.1, -0.05) is 55.5 Å². The molecule has 0 unspecified atom stereocenters. The molecule has 1 saturated heterocycles. The quantitative estimate of drug-likeness (QED) is 0.250. The van der Waals surface area contributed by atoms with Gasteiger partial charge in [-0.15, -0.1) is 0 Å². The van der Waals surface area contributed by atoms with E-state index in [0.717, 1.165) is 36.1 Å². The third-order valence-electron chi connectivity index (χ3n) is 9.68. The Kier molecular flexibility index (Phi) is 9.45. The summed E-state index contributed by atoms with van der Waals surface area (Å²) in [7, 11) is 1.53. The topological polar surface area (TPSA) is 131 Å². The fourth-order valence-corrected chi connectivity index (χ4v) is 6.90. The molecule has 4 N–H and O–H groups in total. The third kappa shape index (κ3) is 6.41. The fraction of sp³-hybridized carbons (Fsp3) is 0.378. The Hall–Kier alpha value is -4.51. The first kappa shape index (κ1) is 32.4. The van der Waals surface area contributed by atoms with Gasteiger partial charge in [-0.05, 0) is 72.8 Å². The van der Waals surface area contributed by atoms with E-state index in [-0.39, 0.29) is 43.5 Å². The van der Waals surface area contributed by atoms with Crippen LogP contribution in [-0.2, 0) is 39.5 Å². The molecular formula is C37H42N4O6. The number of ether oxygens (including phenoxy) is 1. The maximum Gasteiger partial charge on any atom is 0.264 e. The summed E-state index contributed by atoms with van der Waals surface area (Å²) in [5.41, 5.74) is 2.85. The molecule has 6 rings (SSSR count). The second-order valence-corrected chi connectivity index (χ2v) is 12.6. The van der Waals surface area contributed by atoms with Crippen molar-refractivity contribution in [3.63, 3.8) is 0 Å². The molecule has 0 saturated carbocycles. The average molecular weight is 639 g/mol. The number of aliphatic hydroxyl groups excluding tert-OH is 1. The number of amides is 3. The van der Waals surface area contributed by atoms with Crippen LogP contribution >= 0.6 is 0 Å². The molecule has 3 aromatic carbocycles. The van der Waals surface area contributed by atoms with E-state index in [2.05, 4.69) is 10.6 Å². The molecule has 0 spiro atoms. The minimum Gasteiger partial charge on any atom is -0.497 e. The molecule has 0 aliphatic carbocycles. The fourth-order valence-electron chi connectivity index (χ4n) is 6.90. The van der Waals surface area contributed by atoms with Crippen LogP contribution in [0.1, 0.15) is 48.4 Å². The number of rotatable bonds is 10. The van der Waals surface area contributed by atoms with Crippen molar-refractivity contribution in [3.8, 4) is 5.75 Å². The lowest BCUT2D eigenvalue weighted by molar-refractivity contribution is -0.139. The van der Waals surface area contributed by atoms with Gasteiger partial charge in [0.1, 0.15) is 5.75 Å². The summed E-state index contributed by atoms with van der Waals surface area (Å²) in [6.45, 7) is 3.12. The molecule has 0 aromatic heterocycles. The molecule has 246 valence electrons. The Balaban J connectivity index is 1.16. The molecule has 1 fully saturated rings. The minimum atomic E-state index is -1.89. The normalized spacial score (nSPS) is 22.7. The Bertz CT molecular complexity index is 1670. The summed E-state index contributed by atoms with van der Waals surface area (Å²) < 4.78 is 5.44. The molecule has 3 heterocycles. The molecule has 4 atom stereocenters. The SMILES string of the molecule is COc1ccc2c(c1)[C@@](O)([C@H](C)/C=C/CC(=O)N1Cc3ccccc3C[C@H]1CO)C(=O)N2Cc1ccc(NC(=O)[C@H]2CCCN2)cc1. The van der Waals surface area contributed by atoms with Crippen molar-refractivity contribution < 1.29 is 29.3 Å². The molecule has 10 heteroatoms. The van der Waals surface area contributed by atoms with Crippen LogP contribution < -0.4 is 20.3 Å². The van der Waals surface area contributed by atoms with Gasteiger partial charge in [-0.3, -0.25) is 14.4 Å². The molecule has 3 aliphatic heterocycles.